The van der Waals surface area contributed by atoms with Gasteiger partial charge in [-0.05, 0) is 29.8 Å². The zero-order valence-electron chi connectivity index (χ0n) is 18.0. The molecule has 8 heteroatoms. The Kier molecular flexibility index (Phi) is 5.32. The first-order valence-corrected chi connectivity index (χ1v) is 10.5. The normalized spacial score (nSPS) is 17.1. The van der Waals surface area contributed by atoms with Gasteiger partial charge in [-0.2, -0.15) is 4.98 Å². The number of anilines is 2. The van der Waals surface area contributed by atoms with Gasteiger partial charge in [0.15, 0.2) is 5.82 Å². The van der Waals surface area contributed by atoms with Crippen molar-refractivity contribution in [2.24, 2.45) is 5.92 Å². The Morgan fingerprint density at radius 1 is 1.09 bits per heavy atom. The van der Waals surface area contributed by atoms with Gasteiger partial charge >= 0.3 is 0 Å². The van der Waals surface area contributed by atoms with E-state index in [4.69, 9.17) is 9.84 Å². The van der Waals surface area contributed by atoms with Crippen molar-refractivity contribution in [2.45, 2.75) is 6.04 Å². The number of ether oxygens (including phenoxy) is 1. The number of amides is 1. The fraction of sp³-hybridized carbons (Fsp3) is 0.120. The molecule has 1 aliphatic rings. The van der Waals surface area contributed by atoms with E-state index in [1.165, 1.54) is 0 Å². The molecule has 0 saturated heterocycles. The van der Waals surface area contributed by atoms with Crippen molar-refractivity contribution < 1.29 is 9.53 Å². The van der Waals surface area contributed by atoms with Gasteiger partial charge < -0.3 is 15.4 Å². The summed E-state index contributed by atoms with van der Waals surface area (Å²) in [6.07, 6.45) is 3.26. The highest BCUT2D eigenvalue weighted by Crippen LogP contribution is 2.39. The molecule has 0 fully saturated rings. The second kappa shape index (κ2) is 8.58. The molecule has 2 aromatic heterocycles. The van der Waals surface area contributed by atoms with Crippen molar-refractivity contribution in [3.8, 4) is 17.1 Å². The second-order valence-electron chi connectivity index (χ2n) is 7.65. The van der Waals surface area contributed by atoms with E-state index in [0.29, 0.717) is 23.2 Å². The smallest absolute Gasteiger partial charge is 0.236 e. The third-order valence-corrected chi connectivity index (χ3v) is 5.56. The molecule has 5 rings (SSSR count). The summed E-state index contributed by atoms with van der Waals surface area (Å²) in [6, 6.07) is 20.4. The SMILES string of the molecule is C=C1Nc2nc(-c3ccccc3)nn2C(c2ccc(OC)cc2)C1C(=O)Nc1cccnc1. The fourth-order valence-corrected chi connectivity index (χ4v) is 3.96. The number of pyridine rings is 1. The predicted octanol–water partition coefficient (Wildman–Crippen LogP) is 4.13. The molecule has 164 valence electrons. The summed E-state index contributed by atoms with van der Waals surface area (Å²) in [6.45, 7) is 4.16. The Balaban J connectivity index is 1.59. The lowest BCUT2D eigenvalue weighted by atomic mass is 9.88. The van der Waals surface area contributed by atoms with Crippen LogP contribution in [0.15, 0.2) is 91.4 Å². The van der Waals surface area contributed by atoms with Crippen molar-refractivity contribution in [1.82, 2.24) is 19.7 Å². The molecular formula is C25H22N6O2. The lowest BCUT2D eigenvalue weighted by molar-refractivity contribution is -0.119. The van der Waals surface area contributed by atoms with Gasteiger partial charge in [-0.25, -0.2) is 4.68 Å². The molecule has 8 nitrogen and oxygen atoms in total. The van der Waals surface area contributed by atoms with E-state index < -0.39 is 12.0 Å². The average Bonchev–Trinajstić information content (AvgIpc) is 3.28. The minimum atomic E-state index is -0.642. The highest BCUT2D eigenvalue weighted by molar-refractivity contribution is 5.95. The van der Waals surface area contributed by atoms with Crippen molar-refractivity contribution in [2.75, 3.05) is 17.7 Å². The summed E-state index contributed by atoms with van der Waals surface area (Å²) in [4.78, 5) is 22.2. The van der Waals surface area contributed by atoms with Crippen LogP contribution < -0.4 is 15.4 Å². The summed E-state index contributed by atoms with van der Waals surface area (Å²) in [7, 11) is 1.62. The summed E-state index contributed by atoms with van der Waals surface area (Å²) in [5.41, 5.74) is 2.92. The van der Waals surface area contributed by atoms with Gasteiger partial charge in [-0.15, -0.1) is 5.10 Å². The summed E-state index contributed by atoms with van der Waals surface area (Å²) in [5, 5.41) is 10.9. The molecule has 1 aliphatic heterocycles. The first-order chi connectivity index (χ1) is 16.1. The number of hydrogen-bond acceptors (Lipinski definition) is 6. The summed E-state index contributed by atoms with van der Waals surface area (Å²) >= 11 is 0. The molecule has 3 heterocycles. The minimum Gasteiger partial charge on any atom is -0.497 e. The largest absolute Gasteiger partial charge is 0.497 e. The number of benzene rings is 2. The zero-order valence-corrected chi connectivity index (χ0v) is 18.0. The molecule has 0 saturated carbocycles. The molecule has 0 aliphatic carbocycles. The van der Waals surface area contributed by atoms with E-state index in [1.807, 2.05) is 54.6 Å². The lowest BCUT2D eigenvalue weighted by Crippen LogP contribution is -2.39. The van der Waals surface area contributed by atoms with Crippen LogP contribution in [0, 0.1) is 5.92 Å². The maximum atomic E-state index is 13.4. The number of nitrogens with one attached hydrogen (secondary N) is 2. The Labute approximate surface area is 191 Å². The Morgan fingerprint density at radius 3 is 2.58 bits per heavy atom. The Bertz CT molecular complexity index is 1290. The van der Waals surface area contributed by atoms with Crippen molar-refractivity contribution in [3.63, 3.8) is 0 Å². The Morgan fingerprint density at radius 2 is 1.88 bits per heavy atom. The van der Waals surface area contributed by atoms with E-state index in [0.717, 1.165) is 16.9 Å². The third-order valence-electron chi connectivity index (χ3n) is 5.56. The van der Waals surface area contributed by atoms with E-state index in [-0.39, 0.29) is 5.91 Å². The van der Waals surface area contributed by atoms with Crippen LogP contribution in [-0.2, 0) is 4.79 Å². The first kappa shape index (κ1) is 20.4. The fourth-order valence-electron chi connectivity index (χ4n) is 3.96. The average molecular weight is 438 g/mol. The highest BCUT2D eigenvalue weighted by Gasteiger charge is 2.40. The predicted molar refractivity (Wildman–Crippen MR) is 126 cm³/mol. The van der Waals surface area contributed by atoms with Crippen LogP contribution in [0.4, 0.5) is 11.6 Å². The van der Waals surface area contributed by atoms with Gasteiger partial charge in [0.25, 0.3) is 0 Å². The number of hydrogen-bond donors (Lipinski definition) is 2. The molecule has 2 N–H and O–H groups in total. The maximum absolute atomic E-state index is 13.4. The van der Waals surface area contributed by atoms with Crippen LogP contribution in [0.5, 0.6) is 5.75 Å². The molecule has 33 heavy (non-hydrogen) atoms. The van der Waals surface area contributed by atoms with E-state index in [1.54, 1.807) is 36.3 Å². The third kappa shape index (κ3) is 3.94. The monoisotopic (exact) mass is 438 g/mol. The van der Waals surface area contributed by atoms with Crippen LogP contribution >= 0.6 is 0 Å². The van der Waals surface area contributed by atoms with Crippen LogP contribution in [0.2, 0.25) is 0 Å². The first-order valence-electron chi connectivity index (χ1n) is 10.5. The highest BCUT2D eigenvalue weighted by atomic mass is 16.5. The van der Waals surface area contributed by atoms with Gasteiger partial charge in [0, 0.05) is 17.5 Å². The van der Waals surface area contributed by atoms with Crippen molar-refractivity contribution in [3.05, 3.63) is 97.0 Å². The summed E-state index contributed by atoms with van der Waals surface area (Å²) < 4.78 is 7.07. The molecule has 0 radical (unpaired) electrons. The zero-order chi connectivity index (χ0) is 22.8. The number of nitrogens with zero attached hydrogens (tertiary/aromatic N) is 4. The van der Waals surface area contributed by atoms with Gasteiger partial charge in [-0.3, -0.25) is 9.78 Å². The number of fused-ring (bicyclic) bond motifs is 1. The van der Waals surface area contributed by atoms with Gasteiger partial charge in [-0.1, -0.05) is 49.0 Å². The van der Waals surface area contributed by atoms with E-state index in [9.17, 15) is 4.79 Å². The standard InChI is InChI=1S/C25H22N6O2/c1-16-21(24(32)28-19-9-6-14-26-15-19)22(17-10-12-20(33-2)13-11-17)31-25(27-16)29-23(30-31)18-7-4-3-5-8-18/h3-15,21-22H,1H2,2H3,(H,28,32)(H,27,29,30). The van der Waals surface area contributed by atoms with Crippen LogP contribution in [0.3, 0.4) is 0 Å². The lowest BCUT2D eigenvalue weighted by Gasteiger charge is -2.33. The topological polar surface area (TPSA) is 94.0 Å². The van der Waals surface area contributed by atoms with Gasteiger partial charge in [0.1, 0.15) is 11.7 Å². The van der Waals surface area contributed by atoms with Crippen LogP contribution in [-0.4, -0.2) is 32.8 Å². The number of carbonyl (C=O) groups excluding carboxylic acids is 1. The number of methoxy groups -OCH3 is 1. The number of carbonyl (C=O) groups is 1. The summed E-state index contributed by atoms with van der Waals surface area (Å²) in [5.74, 6) is 0.967. The maximum Gasteiger partial charge on any atom is 0.236 e. The molecule has 0 bridgehead atoms. The molecule has 1 amide bonds. The second-order valence-corrected chi connectivity index (χ2v) is 7.65. The van der Waals surface area contributed by atoms with Crippen molar-refractivity contribution in [1.29, 1.82) is 0 Å². The van der Waals surface area contributed by atoms with Gasteiger partial charge in [0.2, 0.25) is 11.9 Å². The molecule has 0 spiro atoms. The number of aromatic nitrogens is 4. The molecule has 2 aromatic carbocycles. The Hall–Kier alpha value is -4.46. The molecule has 4 aromatic rings. The molecular weight excluding hydrogens is 416 g/mol. The minimum absolute atomic E-state index is 0.219. The van der Waals surface area contributed by atoms with Crippen molar-refractivity contribution >= 4 is 17.5 Å². The molecule has 2 unspecified atom stereocenters. The number of rotatable bonds is 5. The van der Waals surface area contributed by atoms with E-state index >= 15 is 0 Å². The van der Waals surface area contributed by atoms with Crippen LogP contribution in [0.25, 0.3) is 11.4 Å². The van der Waals surface area contributed by atoms with E-state index in [2.05, 4.69) is 27.2 Å². The van der Waals surface area contributed by atoms with Crippen LogP contribution in [0.1, 0.15) is 11.6 Å². The molecule has 2 atom stereocenters. The van der Waals surface area contributed by atoms with Gasteiger partial charge in [0.05, 0.1) is 25.0 Å². The quantitative estimate of drug-likeness (QED) is 0.487.